The molecule has 2 aliphatic rings. The van der Waals surface area contributed by atoms with Gasteiger partial charge >= 0.3 is 6.03 Å². The fourth-order valence-corrected chi connectivity index (χ4v) is 5.14. The minimum Gasteiger partial charge on any atom is -0.336 e. The van der Waals surface area contributed by atoms with Gasteiger partial charge in [0.2, 0.25) is 15.9 Å². The van der Waals surface area contributed by atoms with Crippen LogP contribution in [0.2, 0.25) is 0 Å². The number of hydrogen-bond acceptors (Lipinski definition) is 6. The van der Waals surface area contributed by atoms with Crippen LogP contribution in [-0.4, -0.2) is 66.5 Å². The van der Waals surface area contributed by atoms with Crippen LogP contribution in [0.15, 0.2) is 28.3 Å². The molecular weight excluding hydrogens is 376 g/mol. The van der Waals surface area contributed by atoms with Crippen molar-refractivity contribution in [3.8, 4) is 0 Å². The zero-order valence-electron chi connectivity index (χ0n) is 14.4. The maximum Gasteiger partial charge on any atom is 0.324 e. The molecule has 2 aliphatic heterocycles. The van der Waals surface area contributed by atoms with Crippen LogP contribution in [0.4, 0.5) is 4.79 Å². The maximum absolute atomic E-state index is 12.7. The smallest absolute Gasteiger partial charge is 0.324 e. The molecule has 0 radical (unpaired) electrons. The van der Waals surface area contributed by atoms with Crippen molar-refractivity contribution in [2.24, 2.45) is 0 Å². The van der Waals surface area contributed by atoms with Gasteiger partial charge in [0, 0.05) is 32.4 Å². The molecular formula is C16H22N4O4S2. The van der Waals surface area contributed by atoms with E-state index in [0.717, 1.165) is 25.7 Å². The highest BCUT2D eigenvalue weighted by Crippen LogP contribution is 2.22. The second-order valence-corrected chi connectivity index (χ2v) is 9.15. The Morgan fingerprint density at radius 2 is 1.88 bits per heavy atom. The first-order chi connectivity index (χ1) is 12.5. The molecule has 0 unspecified atom stereocenters. The molecule has 26 heavy (non-hydrogen) atoms. The monoisotopic (exact) mass is 398 g/mol. The molecule has 0 aliphatic carbocycles. The zero-order chi connectivity index (χ0) is 18.6. The van der Waals surface area contributed by atoms with Gasteiger partial charge in [-0.25, -0.2) is 18.2 Å². The van der Waals surface area contributed by atoms with E-state index in [1.807, 2.05) is 0 Å². The third-order valence-corrected chi connectivity index (χ3v) is 7.22. The number of carbonyl (C=O) groups is 2. The highest BCUT2D eigenvalue weighted by atomic mass is 32.2. The fraction of sp³-hybridized carbons (Fsp3) is 0.562. The molecule has 0 atom stereocenters. The van der Waals surface area contributed by atoms with Crippen molar-refractivity contribution in [2.75, 3.05) is 31.9 Å². The summed E-state index contributed by atoms with van der Waals surface area (Å²) in [7, 11) is -3.52. The normalized spacial score (nSPS) is 19.2. The second kappa shape index (κ2) is 8.36. The number of aromatic nitrogens is 1. The van der Waals surface area contributed by atoms with Crippen molar-refractivity contribution < 1.29 is 18.0 Å². The number of nitrogens with zero attached hydrogens (tertiary/aromatic N) is 3. The number of urea groups is 1. The van der Waals surface area contributed by atoms with E-state index in [-0.39, 0.29) is 22.6 Å². The molecule has 3 heterocycles. The van der Waals surface area contributed by atoms with E-state index in [1.165, 1.54) is 33.2 Å². The average molecular weight is 399 g/mol. The highest BCUT2D eigenvalue weighted by molar-refractivity contribution is 7.99. The Hall–Kier alpha value is -1.65. The van der Waals surface area contributed by atoms with E-state index in [9.17, 15) is 18.0 Å². The minimum absolute atomic E-state index is 0.0820. The number of carbonyl (C=O) groups excluding carboxylic acids is 2. The van der Waals surface area contributed by atoms with Crippen LogP contribution < -0.4 is 5.32 Å². The summed E-state index contributed by atoms with van der Waals surface area (Å²) in [4.78, 5) is 29.0. The van der Waals surface area contributed by atoms with Crippen LogP contribution in [0.1, 0.15) is 25.7 Å². The molecule has 8 nitrogen and oxygen atoms in total. The lowest BCUT2D eigenvalue weighted by Gasteiger charge is -2.19. The zero-order valence-corrected chi connectivity index (χ0v) is 16.0. The van der Waals surface area contributed by atoms with Gasteiger partial charge < -0.3 is 5.32 Å². The Labute approximate surface area is 157 Å². The molecule has 10 heteroatoms. The van der Waals surface area contributed by atoms with Crippen molar-refractivity contribution in [3.63, 3.8) is 0 Å². The maximum atomic E-state index is 12.7. The van der Waals surface area contributed by atoms with Gasteiger partial charge in [-0.1, -0.05) is 24.6 Å². The number of imide groups is 1. The molecule has 142 valence electrons. The predicted octanol–water partition coefficient (Wildman–Crippen LogP) is 1.29. The molecule has 2 saturated heterocycles. The number of amides is 3. The molecule has 1 aromatic rings. The van der Waals surface area contributed by atoms with E-state index in [2.05, 4.69) is 10.3 Å². The largest absolute Gasteiger partial charge is 0.336 e. The molecule has 1 aromatic heterocycles. The Morgan fingerprint density at radius 3 is 2.46 bits per heavy atom. The molecule has 2 fully saturated rings. The number of hydrogen-bond donors (Lipinski definition) is 1. The van der Waals surface area contributed by atoms with E-state index < -0.39 is 10.0 Å². The molecule has 0 spiro atoms. The lowest BCUT2D eigenvalue weighted by molar-refractivity contribution is -0.124. The standard InChI is InChI=1S/C16H22N4O4S2/c21-15(20-10-7-17-16(20)22)12-25-14-6-5-13(11-18-14)26(23,24)19-8-3-1-2-4-9-19/h5-6,11H,1-4,7-10,12H2,(H,17,22). The Kier molecular flexibility index (Phi) is 6.15. The lowest BCUT2D eigenvalue weighted by Crippen LogP contribution is -2.35. The fourth-order valence-electron chi connectivity index (χ4n) is 2.96. The summed E-state index contributed by atoms with van der Waals surface area (Å²) >= 11 is 1.18. The second-order valence-electron chi connectivity index (χ2n) is 6.22. The van der Waals surface area contributed by atoms with Gasteiger partial charge in [-0.05, 0) is 25.0 Å². The molecule has 1 N–H and O–H groups in total. The first kappa shape index (κ1) is 19.1. The summed E-state index contributed by atoms with van der Waals surface area (Å²) in [5.41, 5.74) is 0. The summed E-state index contributed by atoms with van der Waals surface area (Å²) in [5.74, 6) is -0.202. The molecule has 3 rings (SSSR count). The number of rotatable bonds is 5. The quantitative estimate of drug-likeness (QED) is 0.751. The van der Waals surface area contributed by atoms with E-state index in [1.54, 1.807) is 6.07 Å². The molecule has 0 saturated carbocycles. The number of nitrogens with one attached hydrogen (secondary N) is 1. The van der Waals surface area contributed by atoms with Crippen molar-refractivity contribution in [2.45, 2.75) is 35.6 Å². The van der Waals surface area contributed by atoms with Crippen LogP contribution in [0.5, 0.6) is 0 Å². The van der Waals surface area contributed by atoms with E-state index >= 15 is 0 Å². The van der Waals surface area contributed by atoms with Crippen LogP contribution in [0.25, 0.3) is 0 Å². The van der Waals surface area contributed by atoms with Gasteiger partial charge in [0.05, 0.1) is 10.8 Å². The van der Waals surface area contributed by atoms with Crippen molar-refractivity contribution in [1.29, 1.82) is 0 Å². The summed E-state index contributed by atoms with van der Waals surface area (Å²) in [6.45, 7) is 1.94. The topological polar surface area (TPSA) is 99.7 Å². The van der Waals surface area contributed by atoms with Gasteiger partial charge in [-0.15, -0.1) is 0 Å². The highest BCUT2D eigenvalue weighted by Gasteiger charge is 2.27. The Bertz CT molecular complexity index is 759. The van der Waals surface area contributed by atoms with Gasteiger partial charge in [0.25, 0.3) is 0 Å². The van der Waals surface area contributed by atoms with Gasteiger partial charge in [0.1, 0.15) is 4.90 Å². The van der Waals surface area contributed by atoms with Crippen molar-refractivity contribution >= 4 is 33.7 Å². The third-order valence-electron chi connectivity index (χ3n) is 4.41. The van der Waals surface area contributed by atoms with Crippen molar-refractivity contribution in [3.05, 3.63) is 18.3 Å². The molecule has 3 amide bonds. The van der Waals surface area contributed by atoms with Crippen LogP contribution in [-0.2, 0) is 14.8 Å². The number of pyridine rings is 1. The van der Waals surface area contributed by atoms with Gasteiger partial charge in [-0.2, -0.15) is 4.31 Å². The van der Waals surface area contributed by atoms with Crippen LogP contribution in [0, 0.1) is 0 Å². The number of sulfonamides is 1. The van der Waals surface area contributed by atoms with Crippen LogP contribution in [0.3, 0.4) is 0 Å². The predicted molar refractivity (Wildman–Crippen MR) is 97.3 cm³/mol. The third kappa shape index (κ3) is 4.36. The Morgan fingerprint density at radius 1 is 1.15 bits per heavy atom. The Balaban J connectivity index is 1.60. The van der Waals surface area contributed by atoms with Crippen LogP contribution >= 0.6 is 11.8 Å². The first-order valence-corrected chi connectivity index (χ1v) is 11.1. The lowest BCUT2D eigenvalue weighted by atomic mass is 10.2. The van der Waals surface area contributed by atoms with E-state index in [4.69, 9.17) is 0 Å². The van der Waals surface area contributed by atoms with Gasteiger partial charge in [0.15, 0.2) is 0 Å². The van der Waals surface area contributed by atoms with E-state index in [0.29, 0.717) is 31.2 Å². The molecule has 0 aromatic carbocycles. The first-order valence-electron chi connectivity index (χ1n) is 8.66. The number of thioether (sulfide) groups is 1. The van der Waals surface area contributed by atoms with Crippen molar-refractivity contribution in [1.82, 2.24) is 19.5 Å². The summed E-state index contributed by atoms with van der Waals surface area (Å²) in [6.07, 6.45) is 5.22. The van der Waals surface area contributed by atoms with Gasteiger partial charge in [-0.3, -0.25) is 9.69 Å². The minimum atomic E-state index is -3.52. The summed E-state index contributed by atoms with van der Waals surface area (Å²) < 4.78 is 26.9. The summed E-state index contributed by atoms with van der Waals surface area (Å²) in [5, 5.41) is 3.13. The SMILES string of the molecule is O=C(CSc1ccc(S(=O)(=O)N2CCCCCC2)cn1)N1CCNC1=O. The average Bonchev–Trinajstić information content (AvgIpc) is 2.89. The summed E-state index contributed by atoms with van der Waals surface area (Å²) in [6, 6.07) is 2.76. The molecule has 0 bridgehead atoms.